The van der Waals surface area contributed by atoms with E-state index in [1.54, 1.807) is 54.5 Å². The first-order valence-corrected chi connectivity index (χ1v) is 13.6. The second-order valence-corrected chi connectivity index (χ2v) is 10.4. The zero-order valence-electron chi connectivity index (χ0n) is 22.1. The van der Waals surface area contributed by atoms with Crippen LogP contribution in [0, 0.1) is 6.92 Å². The fourth-order valence-electron chi connectivity index (χ4n) is 4.44. The van der Waals surface area contributed by atoms with Gasteiger partial charge in [0.15, 0.2) is 5.82 Å². The molecule has 3 aromatic carbocycles. The average Bonchev–Trinajstić information content (AvgIpc) is 2.97. The molecule has 4 aromatic rings. The highest BCUT2D eigenvalue weighted by Gasteiger charge is 2.19. The number of amides is 2. The third-order valence-corrected chi connectivity index (χ3v) is 7.26. The molecule has 9 nitrogen and oxygen atoms in total. The summed E-state index contributed by atoms with van der Waals surface area (Å²) in [6, 6.07) is 19.7. The van der Waals surface area contributed by atoms with Crippen LogP contribution in [0.2, 0.25) is 0 Å². The number of hydrogen-bond donors (Lipinski definition) is 2. The number of morpholine rings is 1. The molecule has 0 unspecified atom stereocenters. The highest BCUT2D eigenvalue weighted by molar-refractivity contribution is 9.10. The maximum Gasteiger partial charge on any atom is 0.293 e. The van der Waals surface area contributed by atoms with E-state index in [0.29, 0.717) is 54.5 Å². The van der Waals surface area contributed by atoms with E-state index < -0.39 is 0 Å². The first kappa shape index (κ1) is 27.3. The molecule has 0 spiro atoms. The molecule has 0 bridgehead atoms. The van der Waals surface area contributed by atoms with Gasteiger partial charge in [0.2, 0.25) is 0 Å². The van der Waals surface area contributed by atoms with Crippen LogP contribution in [-0.2, 0) is 11.8 Å². The van der Waals surface area contributed by atoms with Crippen LogP contribution in [-0.4, -0.2) is 52.6 Å². The van der Waals surface area contributed by atoms with E-state index in [2.05, 4.69) is 31.5 Å². The monoisotopic (exact) mass is 601 g/mol. The van der Waals surface area contributed by atoms with Gasteiger partial charge in [0.1, 0.15) is 0 Å². The Hall–Kier alpha value is -4.28. The Bertz CT molecular complexity index is 1610. The zero-order chi connectivity index (χ0) is 28.2. The molecule has 1 aliphatic rings. The van der Waals surface area contributed by atoms with Crippen LogP contribution in [0.25, 0.3) is 11.3 Å². The summed E-state index contributed by atoms with van der Waals surface area (Å²) in [5.41, 5.74) is 4.26. The fourth-order valence-corrected chi connectivity index (χ4v) is 4.71. The molecule has 2 heterocycles. The Kier molecular flexibility index (Phi) is 8.09. The lowest BCUT2D eigenvalue weighted by Gasteiger charge is -2.26. The molecule has 1 aliphatic heterocycles. The Morgan fingerprint density at radius 3 is 2.33 bits per heavy atom. The number of halogens is 1. The molecule has 2 amide bonds. The van der Waals surface area contributed by atoms with Gasteiger partial charge in [-0.15, -0.1) is 0 Å². The predicted molar refractivity (Wildman–Crippen MR) is 158 cm³/mol. The maximum atomic E-state index is 12.9. The van der Waals surface area contributed by atoms with E-state index >= 15 is 0 Å². The van der Waals surface area contributed by atoms with E-state index in [1.807, 2.05) is 37.3 Å². The van der Waals surface area contributed by atoms with E-state index in [4.69, 9.17) is 4.74 Å². The number of carbonyl (C=O) groups excluding carboxylic acids is 2. The summed E-state index contributed by atoms with van der Waals surface area (Å²) < 4.78 is 7.68. The zero-order valence-corrected chi connectivity index (χ0v) is 23.7. The lowest BCUT2D eigenvalue weighted by atomic mass is 10.0. The Morgan fingerprint density at radius 1 is 0.950 bits per heavy atom. The van der Waals surface area contributed by atoms with Crippen LogP contribution in [0.5, 0.6) is 0 Å². The SMILES string of the molecule is Cc1c(NC(=O)c2ccc(Br)cc2)cccc1-c1cn(C)c(=O)c(Nc2ccc(C(=O)N3CCOCC3)cc2)n1. The fraction of sp³-hybridized carbons (Fsp3) is 0.200. The normalized spacial score (nSPS) is 13.1. The molecular formula is C30H28BrN5O4. The number of nitrogens with one attached hydrogen (secondary N) is 2. The van der Waals surface area contributed by atoms with Crippen LogP contribution >= 0.6 is 15.9 Å². The van der Waals surface area contributed by atoms with Crippen molar-refractivity contribution in [2.45, 2.75) is 6.92 Å². The minimum atomic E-state index is -0.297. The number of ether oxygens (including phenoxy) is 1. The number of aryl methyl sites for hydroxylation is 1. The predicted octanol–water partition coefficient (Wildman–Crippen LogP) is 4.99. The largest absolute Gasteiger partial charge is 0.378 e. The summed E-state index contributed by atoms with van der Waals surface area (Å²) in [6.07, 6.45) is 1.67. The Labute approximate surface area is 239 Å². The van der Waals surface area contributed by atoms with Crippen molar-refractivity contribution in [3.8, 4) is 11.3 Å². The van der Waals surface area contributed by atoms with Crippen molar-refractivity contribution in [2.24, 2.45) is 7.05 Å². The number of nitrogens with zero attached hydrogens (tertiary/aromatic N) is 3. The lowest BCUT2D eigenvalue weighted by molar-refractivity contribution is 0.0303. The summed E-state index contributed by atoms with van der Waals surface area (Å²) in [5, 5.41) is 6.07. The topological polar surface area (TPSA) is 106 Å². The number of benzene rings is 3. The van der Waals surface area contributed by atoms with E-state index in [1.165, 1.54) is 4.57 Å². The Morgan fingerprint density at radius 2 is 1.62 bits per heavy atom. The van der Waals surface area contributed by atoms with Crippen molar-refractivity contribution in [1.29, 1.82) is 0 Å². The van der Waals surface area contributed by atoms with Crippen LogP contribution < -0.4 is 16.2 Å². The number of rotatable bonds is 6. The van der Waals surface area contributed by atoms with Gasteiger partial charge in [-0.25, -0.2) is 4.98 Å². The highest BCUT2D eigenvalue weighted by Crippen LogP contribution is 2.28. The highest BCUT2D eigenvalue weighted by atomic mass is 79.9. The van der Waals surface area contributed by atoms with Crippen LogP contribution in [0.1, 0.15) is 26.3 Å². The molecule has 204 valence electrons. The standard InChI is InChI=1S/C30H28BrN5O4/c1-19-24(4-3-5-25(19)34-28(37)20-6-10-22(31)11-7-20)26-18-35(2)30(39)27(33-26)32-23-12-8-21(9-13-23)29(38)36-14-16-40-17-15-36/h3-13,18H,14-17H2,1-2H3,(H,32,33)(H,34,37). The summed E-state index contributed by atoms with van der Waals surface area (Å²) in [7, 11) is 1.66. The number of hydrogen-bond acceptors (Lipinski definition) is 6. The molecule has 0 radical (unpaired) electrons. The molecule has 1 saturated heterocycles. The number of aromatic nitrogens is 2. The number of carbonyl (C=O) groups is 2. The molecule has 5 rings (SSSR count). The second-order valence-electron chi connectivity index (χ2n) is 9.44. The smallest absolute Gasteiger partial charge is 0.293 e. The maximum absolute atomic E-state index is 12.9. The summed E-state index contributed by atoms with van der Waals surface area (Å²) >= 11 is 3.38. The summed E-state index contributed by atoms with van der Waals surface area (Å²) in [5.74, 6) is -0.122. The minimum Gasteiger partial charge on any atom is -0.378 e. The molecule has 0 saturated carbocycles. The molecule has 1 fully saturated rings. The van der Waals surface area contributed by atoms with Crippen LogP contribution in [0.3, 0.4) is 0 Å². The van der Waals surface area contributed by atoms with E-state index in [0.717, 1.165) is 15.6 Å². The quantitative estimate of drug-likeness (QED) is 0.323. The summed E-state index contributed by atoms with van der Waals surface area (Å²) in [4.78, 5) is 44.9. The molecule has 1 aromatic heterocycles. The number of anilines is 3. The van der Waals surface area contributed by atoms with Crippen LogP contribution in [0.4, 0.5) is 17.2 Å². The first-order valence-electron chi connectivity index (χ1n) is 12.8. The van der Waals surface area contributed by atoms with Crippen molar-refractivity contribution < 1.29 is 14.3 Å². The van der Waals surface area contributed by atoms with E-state index in [9.17, 15) is 14.4 Å². The minimum absolute atomic E-state index is 0.0477. The second kappa shape index (κ2) is 11.8. The van der Waals surface area contributed by atoms with Gasteiger partial charge >= 0.3 is 0 Å². The van der Waals surface area contributed by atoms with Gasteiger partial charge in [-0.05, 0) is 67.1 Å². The molecular weight excluding hydrogens is 574 g/mol. The van der Waals surface area contributed by atoms with Gasteiger partial charge in [0.05, 0.1) is 18.9 Å². The van der Waals surface area contributed by atoms with Gasteiger partial charge in [-0.1, -0.05) is 28.1 Å². The average molecular weight is 602 g/mol. The van der Waals surface area contributed by atoms with E-state index in [-0.39, 0.29) is 23.2 Å². The Balaban J connectivity index is 1.37. The summed E-state index contributed by atoms with van der Waals surface area (Å²) in [6.45, 7) is 4.12. The lowest BCUT2D eigenvalue weighted by Crippen LogP contribution is -2.40. The molecule has 40 heavy (non-hydrogen) atoms. The first-order chi connectivity index (χ1) is 19.3. The molecule has 2 N–H and O–H groups in total. The van der Waals surface area contributed by atoms with Gasteiger partial charge in [-0.2, -0.15) is 0 Å². The van der Waals surface area contributed by atoms with Crippen molar-refractivity contribution in [3.05, 3.63) is 104 Å². The van der Waals surface area contributed by atoms with Crippen molar-refractivity contribution in [3.63, 3.8) is 0 Å². The molecule has 0 atom stereocenters. The van der Waals surface area contributed by atoms with Gasteiger partial charge in [0.25, 0.3) is 17.4 Å². The van der Waals surface area contributed by atoms with Crippen LogP contribution in [0.15, 0.2) is 82.2 Å². The van der Waals surface area contributed by atoms with Crippen molar-refractivity contribution in [2.75, 3.05) is 36.9 Å². The van der Waals surface area contributed by atoms with Crippen molar-refractivity contribution >= 4 is 44.9 Å². The third-order valence-electron chi connectivity index (χ3n) is 6.73. The van der Waals surface area contributed by atoms with Crippen molar-refractivity contribution in [1.82, 2.24) is 14.5 Å². The van der Waals surface area contributed by atoms with Gasteiger partial charge in [-0.3, -0.25) is 14.4 Å². The molecule has 0 aliphatic carbocycles. The molecule has 10 heteroatoms. The third kappa shape index (κ3) is 5.98. The van der Waals surface area contributed by atoms with Gasteiger partial charge < -0.3 is 24.8 Å². The van der Waals surface area contributed by atoms with Gasteiger partial charge in [0, 0.05) is 58.9 Å².